The standard InChI is InChI=1S/C27H27N5O4/c1-16-7-9-18(10-8-16)29-27-31-24-23(26(35)32-27)21(15-22(33)30-24)25(34)28-17-11-13-20(14-12-17)36-19-5-3-2-4-6-19/h2-14,21,23-24,27,29,31H,15H2,1H3,(H,28,34)(H,30,33)(H,32,35). The fraction of sp³-hybridized carbons (Fsp3) is 0.222. The van der Waals surface area contributed by atoms with Crippen molar-refractivity contribution in [1.82, 2.24) is 16.0 Å². The number of hydrogen-bond donors (Lipinski definition) is 5. The van der Waals surface area contributed by atoms with Crippen molar-refractivity contribution < 1.29 is 19.1 Å². The number of anilines is 2. The van der Waals surface area contributed by atoms with Crippen molar-refractivity contribution in [3.8, 4) is 11.5 Å². The van der Waals surface area contributed by atoms with Crippen LogP contribution in [-0.2, 0) is 14.4 Å². The Morgan fingerprint density at radius 1 is 0.861 bits per heavy atom. The van der Waals surface area contributed by atoms with Gasteiger partial charge in [-0.05, 0) is 55.5 Å². The molecule has 2 aliphatic heterocycles. The summed E-state index contributed by atoms with van der Waals surface area (Å²) in [5.41, 5.74) is 2.48. The predicted octanol–water partition coefficient (Wildman–Crippen LogP) is 2.92. The van der Waals surface area contributed by atoms with E-state index in [9.17, 15) is 14.4 Å². The highest BCUT2D eigenvalue weighted by Crippen LogP contribution is 2.29. The molecule has 0 saturated carbocycles. The van der Waals surface area contributed by atoms with E-state index in [1.165, 1.54) is 0 Å². The monoisotopic (exact) mass is 485 g/mol. The number of ether oxygens (including phenoxy) is 1. The number of hydrogen-bond acceptors (Lipinski definition) is 6. The van der Waals surface area contributed by atoms with Crippen LogP contribution in [-0.4, -0.2) is 30.2 Å². The third kappa shape index (κ3) is 5.31. The first kappa shape index (κ1) is 23.4. The van der Waals surface area contributed by atoms with Gasteiger partial charge >= 0.3 is 0 Å². The van der Waals surface area contributed by atoms with Crippen LogP contribution >= 0.6 is 0 Å². The first-order valence-electron chi connectivity index (χ1n) is 11.8. The summed E-state index contributed by atoms with van der Waals surface area (Å²) in [6, 6.07) is 24.0. The molecule has 3 amide bonds. The minimum Gasteiger partial charge on any atom is -0.457 e. The summed E-state index contributed by atoms with van der Waals surface area (Å²) in [4.78, 5) is 38.6. The molecule has 4 unspecified atom stereocenters. The Hall–Kier alpha value is -4.37. The smallest absolute Gasteiger partial charge is 0.229 e. The number of carbonyl (C=O) groups is 3. The Labute approximate surface area is 208 Å². The maximum atomic E-state index is 13.1. The highest BCUT2D eigenvalue weighted by atomic mass is 16.5. The van der Waals surface area contributed by atoms with E-state index in [0.29, 0.717) is 17.2 Å². The molecule has 3 aromatic rings. The third-order valence-electron chi connectivity index (χ3n) is 6.25. The number of benzene rings is 3. The van der Waals surface area contributed by atoms with E-state index in [1.807, 2.05) is 61.5 Å². The summed E-state index contributed by atoms with van der Waals surface area (Å²) in [6.45, 7) is 1.99. The van der Waals surface area contributed by atoms with Gasteiger partial charge in [-0.25, -0.2) is 0 Å². The van der Waals surface area contributed by atoms with Crippen molar-refractivity contribution in [1.29, 1.82) is 0 Å². The van der Waals surface area contributed by atoms with E-state index >= 15 is 0 Å². The number of piperidine rings is 1. The van der Waals surface area contributed by atoms with E-state index in [0.717, 1.165) is 11.3 Å². The molecule has 0 spiro atoms. The molecule has 0 aromatic heterocycles. The van der Waals surface area contributed by atoms with Crippen LogP contribution in [0.15, 0.2) is 78.9 Å². The van der Waals surface area contributed by atoms with E-state index in [1.54, 1.807) is 24.3 Å². The van der Waals surface area contributed by atoms with Crippen LogP contribution in [0.3, 0.4) is 0 Å². The molecule has 4 atom stereocenters. The summed E-state index contributed by atoms with van der Waals surface area (Å²) in [6.07, 6.45) is -1.35. The van der Waals surface area contributed by atoms with Crippen molar-refractivity contribution in [3.63, 3.8) is 0 Å². The van der Waals surface area contributed by atoms with Gasteiger partial charge in [-0.3, -0.25) is 19.7 Å². The highest BCUT2D eigenvalue weighted by Gasteiger charge is 2.48. The highest BCUT2D eigenvalue weighted by molar-refractivity contribution is 6.00. The molecule has 2 fully saturated rings. The van der Waals surface area contributed by atoms with Crippen molar-refractivity contribution >= 4 is 29.1 Å². The fourth-order valence-corrected chi connectivity index (χ4v) is 4.44. The van der Waals surface area contributed by atoms with Gasteiger partial charge in [-0.15, -0.1) is 0 Å². The zero-order chi connectivity index (χ0) is 25.1. The fourth-order valence-electron chi connectivity index (χ4n) is 4.44. The molecule has 0 bridgehead atoms. The normalized spacial score (nSPS) is 23.0. The molecule has 36 heavy (non-hydrogen) atoms. The Morgan fingerprint density at radius 2 is 1.53 bits per heavy atom. The molecule has 9 heteroatoms. The molecule has 0 aliphatic carbocycles. The Balaban J connectivity index is 1.23. The average Bonchev–Trinajstić information content (AvgIpc) is 2.86. The maximum absolute atomic E-state index is 13.1. The number of aryl methyl sites for hydroxylation is 1. The molecule has 9 nitrogen and oxygen atoms in total. The van der Waals surface area contributed by atoms with Gasteiger partial charge in [0.2, 0.25) is 17.7 Å². The Bertz CT molecular complexity index is 1250. The summed E-state index contributed by atoms with van der Waals surface area (Å²) in [5.74, 6) is -1.23. The Kier molecular flexibility index (Phi) is 6.55. The van der Waals surface area contributed by atoms with E-state index in [-0.39, 0.29) is 18.2 Å². The first-order valence-corrected chi connectivity index (χ1v) is 11.8. The van der Waals surface area contributed by atoms with Crippen LogP contribution in [0.5, 0.6) is 11.5 Å². The molecule has 184 valence electrons. The van der Waals surface area contributed by atoms with Gasteiger partial charge in [0, 0.05) is 17.8 Å². The van der Waals surface area contributed by atoms with Gasteiger partial charge in [-0.2, -0.15) is 0 Å². The molecule has 5 rings (SSSR count). The van der Waals surface area contributed by atoms with Crippen LogP contribution < -0.4 is 31.3 Å². The number of para-hydroxylation sites is 1. The van der Waals surface area contributed by atoms with Crippen LogP contribution in [0.25, 0.3) is 0 Å². The Morgan fingerprint density at radius 3 is 2.25 bits per heavy atom. The van der Waals surface area contributed by atoms with Crippen LogP contribution in [0.1, 0.15) is 12.0 Å². The van der Waals surface area contributed by atoms with E-state index in [4.69, 9.17) is 4.74 Å². The second kappa shape index (κ2) is 10.1. The summed E-state index contributed by atoms with van der Waals surface area (Å²) in [7, 11) is 0. The first-order chi connectivity index (χ1) is 17.4. The van der Waals surface area contributed by atoms with Gasteiger partial charge in [0.05, 0.1) is 18.0 Å². The zero-order valence-corrected chi connectivity index (χ0v) is 19.7. The second-order valence-electron chi connectivity index (χ2n) is 8.93. The number of rotatable bonds is 6. The lowest BCUT2D eigenvalue weighted by Crippen LogP contribution is -2.72. The second-order valence-corrected chi connectivity index (χ2v) is 8.93. The zero-order valence-electron chi connectivity index (χ0n) is 19.7. The minimum absolute atomic E-state index is 0.0760. The average molecular weight is 486 g/mol. The molecule has 5 N–H and O–H groups in total. The number of fused-ring (bicyclic) bond motifs is 1. The number of nitrogens with one attached hydrogen (secondary N) is 5. The van der Waals surface area contributed by atoms with Crippen molar-refractivity contribution in [3.05, 3.63) is 84.4 Å². The van der Waals surface area contributed by atoms with Gasteiger partial charge in [0.15, 0.2) is 6.29 Å². The lowest BCUT2D eigenvalue weighted by molar-refractivity contribution is -0.144. The lowest BCUT2D eigenvalue weighted by Gasteiger charge is -2.43. The van der Waals surface area contributed by atoms with E-state index in [2.05, 4.69) is 26.6 Å². The molecule has 3 aromatic carbocycles. The van der Waals surface area contributed by atoms with Crippen LogP contribution in [0, 0.1) is 18.8 Å². The lowest BCUT2D eigenvalue weighted by atomic mass is 9.81. The minimum atomic E-state index is -0.822. The third-order valence-corrected chi connectivity index (χ3v) is 6.25. The molecule has 0 radical (unpaired) electrons. The molecular weight excluding hydrogens is 458 g/mol. The molecule has 2 heterocycles. The molecule has 2 aliphatic rings. The summed E-state index contributed by atoms with van der Waals surface area (Å²) >= 11 is 0. The summed E-state index contributed by atoms with van der Waals surface area (Å²) < 4.78 is 5.78. The van der Waals surface area contributed by atoms with Crippen LogP contribution in [0.4, 0.5) is 11.4 Å². The summed E-state index contributed by atoms with van der Waals surface area (Å²) in [5, 5.41) is 14.9. The van der Waals surface area contributed by atoms with Crippen LogP contribution in [0.2, 0.25) is 0 Å². The van der Waals surface area contributed by atoms with Crippen molar-refractivity contribution in [2.24, 2.45) is 11.8 Å². The van der Waals surface area contributed by atoms with E-state index < -0.39 is 30.2 Å². The van der Waals surface area contributed by atoms with Gasteiger partial charge in [-0.1, -0.05) is 35.9 Å². The topological polar surface area (TPSA) is 121 Å². The van der Waals surface area contributed by atoms with Crippen molar-refractivity contribution in [2.45, 2.75) is 25.8 Å². The SMILES string of the molecule is Cc1ccc(NC2NC(=O)C3C(NC(=O)CC3C(=O)Nc3ccc(Oc4ccccc4)cc3)N2)cc1. The molecular formula is C27H27N5O4. The largest absolute Gasteiger partial charge is 0.457 e. The van der Waals surface area contributed by atoms with Gasteiger partial charge in [0.1, 0.15) is 11.5 Å². The van der Waals surface area contributed by atoms with Gasteiger partial charge in [0.25, 0.3) is 0 Å². The quantitative estimate of drug-likeness (QED) is 0.366. The van der Waals surface area contributed by atoms with Crippen molar-refractivity contribution in [2.75, 3.05) is 10.6 Å². The van der Waals surface area contributed by atoms with Gasteiger partial charge < -0.3 is 26.0 Å². The maximum Gasteiger partial charge on any atom is 0.229 e. The number of amides is 3. The molecule has 2 saturated heterocycles. The number of carbonyl (C=O) groups excluding carboxylic acids is 3. The predicted molar refractivity (Wildman–Crippen MR) is 135 cm³/mol.